The summed E-state index contributed by atoms with van der Waals surface area (Å²) in [6.07, 6.45) is 5.74. The maximum atomic E-state index is 12.5. The molecule has 7 heteroatoms. The standard InChI is InChI=1S/C19H18N2O5/c22-17(14-7-1-2-8-15(14)19(24)25)20-12-5-3-6-13(11-12)21-18(23)16-9-4-10-26-16/h1-6,9-11,14-15H,7-8H2,(H,20,22)(H,21,23)(H,24,25). The van der Waals surface area contributed by atoms with E-state index < -0.39 is 23.7 Å². The van der Waals surface area contributed by atoms with Crippen LogP contribution >= 0.6 is 0 Å². The van der Waals surface area contributed by atoms with Crippen molar-refractivity contribution < 1.29 is 23.9 Å². The van der Waals surface area contributed by atoms with Gasteiger partial charge in [0.25, 0.3) is 5.91 Å². The second-order valence-corrected chi connectivity index (χ2v) is 6.00. The van der Waals surface area contributed by atoms with Gasteiger partial charge in [0, 0.05) is 11.4 Å². The third kappa shape index (κ3) is 4.00. The first kappa shape index (κ1) is 17.5. The van der Waals surface area contributed by atoms with Gasteiger partial charge in [0.15, 0.2) is 5.76 Å². The number of carbonyl (C=O) groups is 3. The Morgan fingerprint density at radius 1 is 0.962 bits per heavy atom. The largest absolute Gasteiger partial charge is 0.481 e. The molecular formula is C19H18N2O5. The van der Waals surface area contributed by atoms with Crippen molar-refractivity contribution in [2.45, 2.75) is 12.8 Å². The normalized spacial score (nSPS) is 18.9. The quantitative estimate of drug-likeness (QED) is 0.715. The molecule has 0 bridgehead atoms. The monoisotopic (exact) mass is 354 g/mol. The van der Waals surface area contributed by atoms with Gasteiger partial charge in [-0.1, -0.05) is 18.2 Å². The summed E-state index contributed by atoms with van der Waals surface area (Å²) in [6, 6.07) is 9.80. The Labute approximate surface area is 149 Å². The molecule has 2 aromatic rings. The Balaban J connectivity index is 1.68. The third-order valence-electron chi connectivity index (χ3n) is 4.22. The molecule has 26 heavy (non-hydrogen) atoms. The highest BCUT2D eigenvalue weighted by atomic mass is 16.4. The average molecular weight is 354 g/mol. The fraction of sp³-hybridized carbons (Fsp3) is 0.211. The van der Waals surface area contributed by atoms with Gasteiger partial charge >= 0.3 is 5.97 Å². The van der Waals surface area contributed by atoms with E-state index in [2.05, 4.69) is 10.6 Å². The van der Waals surface area contributed by atoms with E-state index in [1.807, 2.05) is 6.08 Å². The number of rotatable bonds is 5. The van der Waals surface area contributed by atoms with Gasteiger partial charge in [0.05, 0.1) is 18.1 Å². The van der Waals surface area contributed by atoms with Crippen molar-refractivity contribution in [1.82, 2.24) is 0 Å². The van der Waals surface area contributed by atoms with E-state index in [0.29, 0.717) is 24.2 Å². The van der Waals surface area contributed by atoms with Gasteiger partial charge in [-0.05, 0) is 43.2 Å². The van der Waals surface area contributed by atoms with E-state index in [1.165, 1.54) is 6.26 Å². The summed E-state index contributed by atoms with van der Waals surface area (Å²) in [4.78, 5) is 35.8. The van der Waals surface area contributed by atoms with Crippen molar-refractivity contribution in [3.05, 3.63) is 60.6 Å². The summed E-state index contributed by atoms with van der Waals surface area (Å²) < 4.78 is 5.03. The number of hydrogen-bond acceptors (Lipinski definition) is 4. The topological polar surface area (TPSA) is 109 Å². The van der Waals surface area contributed by atoms with E-state index in [-0.39, 0.29) is 11.7 Å². The van der Waals surface area contributed by atoms with Gasteiger partial charge in [-0.15, -0.1) is 0 Å². The zero-order valence-electron chi connectivity index (χ0n) is 13.8. The predicted molar refractivity (Wildman–Crippen MR) is 94.7 cm³/mol. The smallest absolute Gasteiger partial charge is 0.307 e. The lowest BCUT2D eigenvalue weighted by atomic mass is 9.82. The van der Waals surface area contributed by atoms with Crippen LogP contribution in [0.2, 0.25) is 0 Å². The fourth-order valence-corrected chi connectivity index (χ4v) is 2.89. The summed E-state index contributed by atoms with van der Waals surface area (Å²) >= 11 is 0. The van der Waals surface area contributed by atoms with E-state index >= 15 is 0 Å². The highest BCUT2D eigenvalue weighted by Gasteiger charge is 2.33. The third-order valence-corrected chi connectivity index (χ3v) is 4.22. The lowest BCUT2D eigenvalue weighted by Crippen LogP contribution is -2.34. The highest BCUT2D eigenvalue weighted by Crippen LogP contribution is 2.27. The average Bonchev–Trinajstić information content (AvgIpc) is 3.17. The van der Waals surface area contributed by atoms with Crippen molar-refractivity contribution in [3.8, 4) is 0 Å². The van der Waals surface area contributed by atoms with Gasteiger partial charge in [0.1, 0.15) is 0 Å². The molecule has 1 aromatic heterocycles. The van der Waals surface area contributed by atoms with E-state index in [4.69, 9.17) is 4.42 Å². The number of benzene rings is 1. The highest BCUT2D eigenvalue weighted by molar-refractivity contribution is 6.03. The van der Waals surface area contributed by atoms with E-state index in [0.717, 1.165) is 0 Å². The number of carbonyl (C=O) groups excluding carboxylic acids is 2. The Kier molecular flexibility index (Phi) is 5.17. The summed E-state index contributed by atoms with van der Waals surface area (Å²) in [5.74, 6) is -2.91. The maximum Gasteiger partial charge on any atom is 0.307 e. The van der Waals surface area contributed by atoms with Crippen molar-refractivity contribution in [1.29, 1.82) is 0 Å². The summed E-state index contributed by atoms with van der Waals surface area (Å²) in [5.41, 5.74) is 0.966. The Morgan fingerprint density at radius 3 is 2.31 bits per heavy atom. The first-order chi connectivity index (χ1) is 12.5. The fourth-order valence-electron chi connectivity index (χ4n) is 2.89. The number of nitrogens with one attached hydrogen (secondary N) is 2. The summed E-state index contributed by atoms with van der Waals surface area (Å²) in [6.45, 7) is 0. The molecule has 1 heterocycles. The molecular weight excluding hydrogens is 336 g/mol. The lowest BCUT2D eigenvalue weighted by molar-refractivity contribution is -0.146. The number of amides is 2. The van der Waals surface area contributed by atoms with Crippen LogP contribution in [0.3, 0.4) is 0 Å². The molecule has 2 atom stereocenters. The van der Waals surface area contributed by atoms with Crippen LogP contribution in [-0.4, -0.2) is 22.9 Å². The summed E-state index contributed by atoms with van der Waals surface area (Å²) in [7, 11) is 0. The van der Waals surface area contributed by atoms with Crippen molar-refractivity contribution >= 4 is 29.2 Å². The molecule has 0 fully saturated rings. The molecule has 7 nitrogen and oxygen atoms in total. The van der Waals surface area contributed by atoms with Gasteiger partial charge in [0.2, 0.25) is 5.91 Å². The summed E-state index contributed by atoms with van der Waals surface area (Å²) in [5, 5.41) is 14.7. The number of furan rings is 1. The first-order valence-electron chi connectivity index (χ1n) is 8.18. The second kappa shape index (κ2) is 7.69. The molecule has 1 aromatic carbocycles. The molecule has 0 saturated heterocycles. The Morgan fingerprint density at radius 2 is 1.65 bits per heavy atom. The van der Waals surface area contributed by atoms with Gasteiger partial charge in [-0.3, -0.25) is 14.4 Å². The van der Waals surface area contributed by atoms with Crippen LogP contribution < -0.4 is 10.6 Å². The van der Waals surface area contributed by atoms with Crippen LogP contribution in [0.5, 0.6) is 0 Å². The second-order valence-electron chi connectivity index (χ2n) is 6.00. The van der Waals surface area contributed by atoms with Crippen LogP contribution in [0, 0.1) is 11.8 Å². The molecule has 0 saturated carbocycles. The molecule has 1 aliphatic carbocycles. The Bertz CT molecular complexity index is 841. The van der Waals surface area contributed by atoms with Gasteiger partial charge in [-0.2, -0.15) is 0 Å². The number of carboxylic acid groups (broad SMARTS) is 1. The Hall–Kier alpha value is -3.35. The number of anilines is 2. The predicted octanol–water partition coefficient (Wildman–Crippen LogP) is 3.14. The van der Waals surface area contributed by atoms with Crippen molar-refractivity contribution in [3.63, 3.8) is 0 Å². The molecule has 3 rings (SSSR count). The molecule has 134 valence electrons. The minimum atomic E-state index is -0.978. The molecule has 2 unspecified atom stereocenters. The van der Waals surface area contributed by atoms with E-state index in [1.54, 1.807) is 42.5 Å². The molecule has 0 radical (unpaired) electrons. The van der Waals surface area contributed by atoms with E-state index in [9.17, 15) is 19.5 Å². The van der Waals surface area contributed by atoms with Gasteiger partial charge < -0.3 is 20.2 Å². The SMILES string of the molecule is O=C(Nc1cccc(NC(=O)C2CC=CCC2C(=O)O)c1)c1ccco1. The van der Waals surface area contributed by atoms with Crippen LogP contribution in [0.1, 0.15) is 23.4 Å². The lowest BCUT2D eigenvalue weighted by Gasteiger charge is -2.24. The van der Waals surface area contributed by atoms with Crippen LogP contribution in [0.15, 0.2) is 59.2 Å². The van der Waals surface area contributed by atoms with Crippen molar-refractivity contribution in [2.75, 3.05) is 10.6 Å². The zero-order chi connectivity index (χ0) is 18.5. The van der Waals surface area contributed by atoms with Crippen LogP contribution in [-0.2, 0) is 9.59 Å². The maximum absolute atomic E-state index is 12.5. The number of allylic oxidation sites excluding steroid dienone is 2. The molecule has 0 spiro atoms. The molecule has 3 N–H and O–H groups in total. The minimum absolute atomic E-state index is 0.178. The van der Waals surface area contributed by atoms with Crippen molar-refractivity contribution in [2.24, 2.45) is 11.8 Å². The zero-order valence-corrected chi connectivity index (χ0v) is 13.8. The molecule has 2 amide bonds. The first-order valence-corrected chi connectivity index (χ1v) is 8.18. The van der Waals surface area contributed by atoms with Gasteiger partial charge in [-0.25, -0.2) is 0 Å². The minimum Gasteiger partial charge on any atom is -0.481 e. The van der Waals surface area contributed by atoms with Crippen LogP contribution in [0.25, 0.3) is 0 Å². The van der Waals surface area contributed by atoms with Crippen LogP contribution in [0.4, 0.5) is 11.4 Å². The number of aliphatic carboxylic acids is 1. The molecule has 0 aliphatic heterocycles. The number of carboxylic acids is 1. The molecule has 1 aliphatic rings. The number of hydrogen-bond donors (Lipinski definition) is 3.